The van der Waals surface area contributed by atoms with Crippen LogP contribution in [-0.4, -0.2) is 44.5 Å². The second-order valence-electron chi connectivity index (χ2n) is 5.69. The molecule has 0 aliphatic heterocycles. The molecule has 0 radical (unpaired) electrons. The Bertz CT molecular complexity index is 944. The van der Waals surface area contributed by atoms with Gasteiger partial charge in [0.1, 0.15) is 5.82 Å². The summed E-state index contributed by atoms with van der Waals surface area (Å²) in [7, 11) is -3.62. The minimum atomic E-state index is -3.62. The van der Waals surface area contributed by atoms with E-state index in [1.54, 1.807) is 38.1 Å². The molecule has 9 heteroatoms. The summed E-state index contributed by atoms with van der Waals surface area (Å²) in [6.07, 6.45) is 1.17. The lowest BCUT2D eigenvalue weighted by atomic mass is 10.2. The number of anilines is 1. The Morgan fingerprint density at radius 2 is 1.89 bits per heavy atom. The molecule has 150 valence electrons. The maximum absolute atomic E-state index is 13.4. The Hall–Kier alpha value is -2.78. The van der Waals surface area contributed by atoms with Gasteiger partial charge in [0.2, 0.25) is 10.0 Å². The highest BCUT2D eigenvalue weighted by Crippen LogP contribution is 2.19. The van der Waals surface area contributed by atoms with Crippen molar-refractivity contribution in [2.75, 3.05) is 25.0 Å². The zero-order chi connectivity index (χ0) is 20.6. The van der Waals surface area contributed by atoms with Gasteiger partial charge in [-0.15, -0.1) is 0 Å². The smallest absolute Gasteiger partial charge is 0.265 e. The Morgan fingerprint density at radius 3 is 2.57 bits per heavy atom. The van der Waals surface area contributed by atoms with Crippen LogP contribution in [0.2, 0.25) is 0 Å². The van der Waals surface area contributed by atoms with Crippen LogP contribution >= 0.6 is 0 Å². The maximum Gasteiger partial charge on any atom is 0.265 e. The fourth-order valence-electron chi connectivity index (χ4n) is 2.41. The number of amides is 1. The molecule has 0 fully saturated rings. The van der Waals surface area contributed by atoms with Gasteiger partial charge in [0.05, 0.1) is 11.1 Å². The highest BCUT2D eigenvalue weighted by atomic mass is 32.2. The Morgan fingerprint density at radius 1 is 1.18 bits per heavy atom. The molecular formula is C19H22FN3O4S. The number of oxime groups is 1. The molecule has 2 rings (SSSR count). The molecule has 28 heavy (non-hydrogen) atoms. The highest BCUT2D eigenvalue weighted by molar-refractivity contribution is 7.89. The first kappa shape index (κ1) is 21.5. The van der Waals surface area contributed by atoms with Gasteiger partial charge in [-0.1, -0.05) is 43.3 Å². The number of nitrogens with zero attached hydrogens (tertiary/aromatic N) is 2. The topological polar surface area (TPSA) is 88.1 Å². The van der Waals surface area contributed by atoms with Gasteiger partial charge in [0.25, 0.3) is 5.91 Å². The molecule has 0 saturated heterocycles. The third kappa shape index (κ3) is 5.61. The van der Waals surface area contributed by atoms with Crippen molar-refractivity contribution in [2.45, 2.75) is 18.7 Å². The van der Waals surface area contributed by atoms with Gasteiger partial charge in [0.15, 0.2) is 6.61 Å². The van der Waals surface area contributed by atoms with E-state index in [-0.39, 0.29) is 10.5 Å². The van der Waals surface area contributed by atoms with Crippen LogP contribution in [0.3, 0.4) is 0 Å². The van der Waals surface area contributed by atoms with E-state index in [9.17, 15) is 17.6 Å². The summed E-state index contributed by atoms with van der Waals surface area (Å²) in [5.41, 5.74) is 0.553. The first-order valence-electron chi connectivity index (χ1n) is 8.68. The summed E-state index contributed by atoms with van der Waals surface area (Å²) in [5.74, 6) is -0.978. The summed E-state index contributed by atoms with van der Waals surface area (Å²) in [4.78, 5) is 16.9. The van der Waals surface area contributed by atoms with Crippen LogP contribution in [0.4, 0.5) is 10.1 Å². The van der Waals surface area contributed by atoms with Gasteiger partial charge in [-0.2, -0.15) is 4.31 Å². The normalized spacial score (nSPS) is 11.7. The van der Waals surface area contributed by atoms with Crippen LogP contribution in [-0.2, 0) is 19.7 Å². The SMILES string of the molecule is CCN(CC)S(=O)(=O)c1cccc(NC(=O)CO/N=C\c2ccccc2F)c1. The van der Waals surface area contributed by atoms with Crippen LogP contribution in [0.5, 0.6) is 0 Å². The van der Waals surface area contributed by atoms with Crippen molar-refractivity contribution in [3.63, 3.8) is 0 Å². The zero-order valence-electron chi connectivity index (χ0n) is 15.6. The van der Waals surface area contributed by atoms with Crippen molar-refractivity contribution >= 4 is 27.8 Å². The number of halogens is 1. The third-order valence-electron chi connectivity index (χ3n) is 3.83. The van der Waals surface area contributed by atoms with Crippen LogP contribution in [0.1, 0.15) is 19.4 Å². The van der Waals surface area contributed by atoms with Crippen LogP contribution in [0.25, 0.3) is 0 Å². The number of hydrogen-bond donors (Lipinski definition) is 1. The fourth-order valence-corrected chi connectivity index (χ4v) is 3.92. The Balaban J connectivity index is 1.96. The molecule has 7 nitrogen and oxygen atoms in total. The summed E-state index contributed by atoms with van der Waals surface area (Å²) in [6.45, 7) is 3.81. The molecule has 2 aromatic rings. The summed E-state index contributed by atoms with van der Waals surface area (Å²) >= 11 is 0. The molecular weight excluding hydrogens is 385 g/mol. The van der Waals surface area contributed by atoms with Crippen molar-refractivity contribution in [2.24, 2.45) is 5.16 Å². The molecule has 0 saturated carbocycles. The lowest BCUT2D eigenvalue weighted by molar-refractivity contribution is -0.120. The minimum Gasteiger partial charge on any atom is -0.386 e. The third-order valence-corrected chi connectivity index (χ3v) is 5.87. The van der Waals surface area contributed by atoms with E-state index < -0.39 is 28.4 Å². The van der Waals surface area contributed by atoms with Crippen molar-refractivity contribution in [3.05, 3.63) is 59.9 Å². The van der Waals surface area contributed by atoms with E-state index >= 15 is 0 Å². The average Bonchev–Trinajstić information content (AvgIpc) is 2.67. The predicted molar refractivity (Wildman–Crippen MR) is 105 cm³/mol. The van der Waals surface area contributed by atoms with Gasteiger partial charge in [-0.3, -0.25) is 4.79 Å². The van der Waals surface area contributed by atoms with E-state index in [2.05, 4.69) is 10.5 Å². The molecule has 0 aliphatic carbocycles. The van der Waals surface area contributed by atoms with Gasteiger partial charge in [-0.05, 0) is 24.3 Å². The second-order valence-corrected chi connectivity index (χ2v) is 7.63. The summed E-state index contributed by atoms with van der Waals surface area (Å²) < 4.78 is 39.8. The number of sulfonamides is 1. The predicted octanol–water partition coefficient (Wildman–Crippen LogP) is 2.85. The lowest BCUT2D eigenvalue weighted by Gasteiger charge is -2.18. The molecule has 0 heterocycles. The Labute approximate surface area is 163 Å². The van der Waals surface area contributed by atoms with Gasteiger partial charge >= 0.3 is 0 Å². The monoisotopic (exact) mass is 407 g/mol. The number of hydrogen-bond acceptors (Lipinski definition) is 5. The lowest BCUT2D eigenvalue weighted by Crippen LogP contribution is -2.30. The van der Waals surface area contributed by atoms with E-state index in [0.717, 1.165) is 0 Å². The largest absolute Gasteiger partial charge is 0.386 e. The zero-order valence-corrected chi connectivity index (χ0v) is 16.4. The van der Waals surface area contributed by atoms with Crippen molar-refractivity contribution in [3.8, 4) is 0 Å². The molecule has 0 aromatic heterocycles. The van der Waals surface area contributed by atoms with Crippen molar-refractivity contribution in [1.29, 1.82) is 0 Å². The summed E-state index contributed by atoms with van der Waals surface area (Å²) in [5, 5.41) is 6.10. The molecule has 0 spiro atoms. The number of benzene rings is 2. The van der Waals surface area contributed by atoms with Gasteiger partial charge in [-0.25, -0.2) is 12.8 Å². The number of carbonyl (C=O) groups is 1. The standard InChI is InChI=1S/C19H22FN3O4S/c1-3-23(4-2)28(25,26)17-10-7-9-16(12-17)22-19(24)14-27-21-13-15-8-5-6-11-18(15)20/h5-13H,3-4,14H2,1-2H3,(H,22,24)/b21-13-. The Kier molecular flexibility index (Phi) is 7.65. The number of carbonyl (C=O) groups excluding carboxylic acids is 1. The van der Waals surface area contributed by atoms with Gasteiger partial charge in [0, 0.05) is 24.3 Å². The molecule has 0 unspecified atom stereocenters. The molecule has 0 atom stereocenters. The quantitative estimate of drug-likeness (QED) is 0.511. The van der Waals surface area contributed by atoms with Crippen molar-refractivity contribution < 1.29 is 22.4 Å². The number of rotatable bonds is 9. The minimum absolute atomic E-state index is 0.0903. The van der Waals surface area contributed by atoms with E-state index in [0.29, 0.717) is 18.8 Å². The molecule has 0 aliphatic rings. The van der Waals surface area contributed by atoms with E-state index in [4.69, 9.17) is 4.84 Å². The maximum atomic E-state index is 13.4. The fraction of sp³-hybridized carbons (Fsp3) is 0.263. The van der Waals surface area contributed by atoms with Crippen LogP contribution in [0, 0.1) is 5.82 Å². The summed E-state index contributed by atoms with van der Waals surface area (Å²) in [6, 6.07) is 12.0. The van der Waals surface area contributed by atoms with Crippen molar-refractivity contribution in [1.82, 2.24) is 4.31 Å². The molecule has 1 N–H and O–H groups in total. The van der Waals surface area contributed by atoms with Crippen LogP contribution in [0.15, 0.2) is 58.6 Å². The first-order valence-corrected chi connectivity index (χ1v) is 10.1. The first-order chi connectivity index (χ1) is 13.4. The highest BCUT2D eigenvalue weighted by Gasteiger charge is 2.21. The van der Waals surface area contributed by atoms with E-state index in [1.807, 2.05) is 0 Å². The number of nitrogens with one attached hydrogen (secondary N) is 1. The molecule has 1 amide bonds. The molecule has 0 bridgehead atoms. The van der Waals surface area contributed by atoms with E-state index in [1.165, 1.54) is 34.8 Å². The van der Waals surface area contributed by atoms with Gasteiger partial charge < -0.3 is 10.2 Å². The average molecular weight is 407 g/mol. The molecule has 2 aromatic carbocycles. The van der Waals surface area contributed by atoms with Crippen LogP contribution < -0.4 is 5.32 Å². The second kappa shape index (κ2) is 9.95.